The number of nitrogens with zero attached hydrogens (tertiary/aromatic N) is 5. The van der Waals surface area contributed by atoms with Gasteiger partial charge >= 0.3 is 0 Å². The molecule has 0 radical (unpaired) electrons. The third kappa shape index (κ3) is 2.99. The van der Waals surface area contributed by atoms with Crippen LogP contribution in [-0.4, -0.2) is 28.1 Å². The number of hydrogen-bond donors (Lipinski definition) is 0. The predicted octanol–water partition coefficient (Wildman–Crippen LogP) is 4.60. The summed E-state index contributed by atoms with van der Waals surface area (Å²) in [6.45, 7) is 6.19. The van der Waals surface area contributed by atoms with Crippen LogP contribution in [0.1, 0.15) is 22.5 Å². The minimum atomic E-state index is -0.0793. The van der Waals surface area contributed by atoms with Gasteiger partial charge in [0.25, 0.3) is 0 Å². The van der Waals surface area contributed by atoms with Crippen molar-refractivity contribution in [2.45, 2.75) is 26.9 Å². The number of benzene rings is 2. The monoisotopic (exact) mass is 381 g/mol. The zero-order chi connectivity index (χ0) is 20.0. The number of aromatic nitrogens is 2. The number of aryl methyl sites for hydroxylation is 3. The smallest absolute Gasteiger partial charge is 0.143 e. The van der Waals surface area contributed by atoms with Crippen molar-refractivity contribution in [1.82, 2.24) is 9.78 Å². The van der Waals surface area contributed by atoms with Gasteiger partial charge in [0.1, 0.15) is 18.3 Å². The van der Waals surface area contributed by atoms with E-state index < -0.39 is 0 Å². The number of aliphatic imine (C=N–C) groups is 2. The Bertz CT molecular complexity index is 1140. The van der Waals surface area contributed by atoms with Gasteiger partial charge in [0.05, 0.1) is 11.6 Å². The SMILES string of the molecule is Cc1ccc(N2C=C(c3ccccc3)C3C(n4nc(C)cc4C)=NC=NC32)cc1. The first-order chi connectivity index (χ1) is 14.1. The fourth-order valence-electron chi connectivity index (χ4n) is 4.18. The molecule has 2 aliphatic rings. The maximum atomic E-state index is 4.78. The Balaban J connectivity index is 1.65. The molecule has 2 atom stereocenters. The normalized spacial score (nSPS) is 20.4. The Morgan fingerprint density at radius 3 is 2.34 bits per heavy atom. The summed E-state index contributed by atoms with van der Waals surface area (Å²) in [5, 5.41) is 4.71. The highest BCUT2D eigenvalue weighted by molar-refractivity contribution is 6.04. The van der Waals surface area contributed by atoms with Gasteiger partial charge in [-0.15, -0.1) is 0 Å². The van der Waals surface area contributed by atoms with Gasteiger partial charge in [-0.25, -0.2) is 14.7 Å². The zero-order valence-electron chi connectivity index (χ0n) is 16.8. The van der Waals surface area contributed by atoms with Crippen molar-refractivity contribution in [2.75, 3.05) is 4.90 Å². The molecule has 144 valence electrons. The van der Waals surface area contributed by atoms with Crippen molar-refractivity contribution in [2.24, 2.45) is 15.9 Å². The molecule has 2 aliphatic heterocycles. The van der Waals surface area contributed by atoms with Gasteiger partial charge in [-0.1, -0.05) is 48.0 Å². The highest BCUT2D eigenvalue weighted by Gasteiger charge is 2.42. The maximum absolute atomic E-state index is 4.78. The Morgan fingerprint density at radius 1 is 0.897 bits per heavy atom. The van der Waals surface area contributed by atoms with E-state index in [4.69, 9.17) is 15.1 Å². The summed E-state index contributed by atoms with van der Waals surface area (Å²) in [5.41, 5.74) is 6.83. The van der Waals surface area contributed by atoms with Crippen molar-refractivity contribution in [3.63, 3.8) is 0 Å². The molecule has 0 aliphatic carbocycles. The average Bonchev–Trinajstić information content (AvgIpc) is 3.29. The molecule has 0 saturated heterocycles. The van der Waals surface area contributed by atoms with Crippen molar-refractivity contribution in [1.29, 1.82) is 0 Å². The van der Waals surface area contributed by atoms with E-state index in [1.54, 1.807) is 6.34 Å². The highest BCUT2D eigenvalue weighted by Crippen LogP contribution is 2.41. The van der Waals surface area contributed by atoms with Gasteiger partial charge in [-0.05, 0) is 50.1 Å². The van der Waals surface area contributed by atoms with Crippen LogP contribution in [0.15, 0.2) is 76.8 Å². The molecule has 2 unspecified atom stereocenters. The first kappa shape index (κ1) is 17.6. The van der Waals surface area contributed by atoms with Crippen LogP contribution in [0.3, 0.4) is 0 Å². The lowest BCUT2D eigenvalue weighted by atomic mass is 9.91. The van der Waals surface area contributed by atoms with Crippen LogP contribution in [0.2, 0.25) is 0 Å². The highest BCUT2D eigenvalue weighted by atomic mass is 15.4. The number of anilines is 1. The van der Waals surface area contributed by atoms with E-state index in [1.165, 1.54) is 16.7 Å². The molecule has 2 aromatic carbocycles. The number of fused-ring (bicyclic) bond motifs is 1. The molecule has 5 heteroatoms. The van der Waals surface area contributed by atoms with Crippen LogP contribution < -0.4 is 4.90 Å². The van der Waals surface area contributed by atoms with Crippen molar-refractivity contribution >= 4 is 23.4 Å². The molecule has 1 aromatic heterocycles. The van der Waals surface area contributed by atoms with Crippen LogP contribution in [0.5, 0.6) is 0 Å². The molecule has 3 heterocycles. The number of hydrogen-bond acceptors (Lipinski definition) is 4. The lowest BCUT2D eigenvalue weighted by Crippen LogP contribution is -2.40. The Hall–Kier alpha value is -3.47. The minimum absolute atomic E-state index is 0.00158. The summed E-state index contributed by atoms with van der Waals surface area (Å²) in [4.78, 5) is 11.7. The van der Waals surface area contributed by atoms with Crippen LogP contribution in [-0.2, 0) is 0 Å². The summed E-state index contributed by atoms with van der Waals surface area (Å²) in [7, 11) is 0. The van der Waals surface area contributed by atoms with Gasteiger partial charge in [-0.2, -0.15) is 5.10 Å². The van der Waals surface area contributed by atoms with Gasteiger partial charge < -0.3 is 4.90 Å². The third-order valence-corrected chi connectivity index (χ3v) is 5.55. The summed E-state index contributed by atoms with van der Waals surface area (Å²) >= 11 is 0. The summed E-state index contributed by atoms with van der Waals surface area (Å²) < 4.78 is 1.97. The zero-order valence-corrected chi connectivity index (χ0v) is 16.8. The quantitative estimate of drug-likeness (QED) is 0.651. The van der Waals surface area contributed by atoms with E-state index in [1.807, 2.05) is 17.7 Å². The molecule has 0 saturated carbocycles. The first-order valence-corrected chi connectivity index (χ1v) is 9.87. The van der Waals surface area contributed by atoms with E-state index >= 15 is 0 Å². The van der Waals surface area contributed by atoms with Gasteiger partial charge in [0.15, 0.2) is 0 Å². The second-order valence-corrected chi connectivity index (χ2v) is 7.68. The van der Waals surface area contributed by atoms with E-state index in [9.17, 15) is 0 Å². The molecule has 0 amide bonds. The lowest BCUT2D eigenvalue weighted by molar-refractivity contribution is 0.628. The van der Waals surface area contributed by atoms with Crippen molar-refractivity contribution < 1.29 is 0 Å². The topological polar surface area (TPSA) is 45.8 Å². The number of rotatable bonds is 2. The standard InChI is InChI=1S/C24H23N5/c1-16-9-11-20(12-10-16)28-14-21(19-7-5-4-6-8-19)22-23(28)25-15-26-24(22)29-18(3)13-17(2)27-29/h4-15,22-23H,1-3H3. The second-order valence-electron chi connectivity index (χ2n) is 7.68. The first-order valence-electron chi connectivity index (χ1n) is 9.87. The second kappa shape index (κ2) is 6.85. The van der Waals surface area contributed by atoms with Crippen molar-refractivity contribution in [3.05, 3.63) is 89.4 Å². The van der Waals surface area contributed by atoms with Crippen LogP contribution >= 0.6 is 0 Å². The molecular formula is C24H23N5. The molecule has 0 bridgehead atoms. The minimum Gasteiger partial charge on any atom is -0.324 e. The molecule has 5 nitrogen and oxygen atoms in total. The summed E-state index contributed by atoms with van der Waals surface area (Å²) in [6, 6.07) is 21.2. The van der Waals surface area contributed by atoms with E-state index in [-0.39, 0.29) is 12.1 Å². The Morgan fingerprint density at radius 2 is 1.66 bits per heavy atom. The lowest BCUT2D eigenvalue weighted by Gasteiger charge is -2.30. The molecular weight excluding hydrogens is 358 g/mol. The predicted molar refractivity (Wildman–Crippen MR) is 118 cm³/mol. The fraction of sp³-hybridized carbons (Fsp3) is 0.208. The molecule has 0 spiro atoms. The van der Waals surface area contributed by atoms with E-state index in [0.717, 1.165) is 22.9 Å². The van der Waals surface area contributed by atoms with Crippen LogP contribution in [0, 0.1) is 26.7 Å². The largest absolute Gasteiger partial charge is 0.324 e. The Labute approximate surface area is 170 Å². The molecule has 29 heavy (non-hydrogen) atoms. The fourth-order valence-corrected chi connectivity index (χ4v) is 4.18. The molecule has 5 rings (SSSR count). The van der Waals surface area contributed by atoms with Crippen LogP contribution in [0.25, 0.3) is 5.57 Å². The molecule has 0 fully saturated rings. The van der Waals surface area contributed by atoms with E-state index in [2.05, 4.69) is 79.5 Å². The van der Waals surface area contributed by atoms with Crippen LogP contribution in [0.4, 0.5) is 5.69 Å². The van der Waals surface area contributed by atoms with Gasteiger partial charge in [-0.3, -0.25) is 0 Å². The summed E-state index contributed by atoms with van der Waals surface area (Å²) in [6.07, 6.45) is 3.82. The molecule has 3 aromatic rings. The average molecular weight is 381 g/mol. The van der Waals surface area contributed by atoms with Gasteiger partial charge in [0, 0.05) is 17.6 Å². The van der Waals surface area contributed by atoms with Crippen molar-refractivity contribution in [3.8, 4) is 0 Å². The molecule has 0 N–H and O–H groups in total. The summed E-state index contributed by atoms with van der Waals surface area (Å²) in [5.74, 6) is 0.919. The third-order valence-electron chi connectivity index (χ3n) is 5.55. The van der Waals surface area contributed by atoms with E-state index in [0.29, 0.717) is 0 Å². The maximum Gasteiger partial charge on any atom is 0.143 e. The Kier molecular flexibility index (Phi) is 4.16. The van der Waals surface area contributed by atoms with Gasteiger partial charge in [0.2, 0.25) is 0 Å².